The lowest BCUT2D eigenvalue weighted by atomic mass is 10.3. The molecule has 1 nitrogen and oxygen atoms in total. The van der Waals surface area contributed by atoms with Gasteiger partial charge in [0.15, 0.2) is 0 Å². The monoisotopic (exact) mass is 248 g/mol. The van der Waals surface area contributed by atoms with Crippen molar-refractivity contribution >= 4 is 22.6 Å². The Bertz CT molecular complexity index is 160. The Labute approximate surface area is 74.5 Å². The summed E-state index contributed by atoms with van der Waals surface area (Å²) in [7, 11) is 0. The summed E-state index contributed by atoms with van der Waals surface area (Å²) in [5.74, 6) is 0.324. The third-order valence-corrected chi connectivity index (χ3v) is 1.55. The molecule has 0 atom stereocenters. The summed E-state index contributed by atoms with van der Waals surface area (Å²) in [6.07, 6.45) is 0. The molecule has 0 spiro atoms. The molecule has 10 heavy (non-hydrogen) atoms. The second kappa shape index (κ2) is 5.29. The van der Waals surface area contributed by atoms with Gasteiger partial charge in [-0.2, -0.15) is 0 Å². The zero-order valence-corrected chi connectivity index (χ0v) is 7.71. The van der Waals surface area contributed by atoms with Crippen LogP contribution in [-0.4, -0.2) is 5.11 Å². The first-order valence-electron chi connectivity index (χ1n) is 2.73. The minimum absolute atomic E-state index is 0.324. The summed E-state index contributed by atoms with van der Waals surface area (Å²) in [4.78, 5) is 0. The molecule has 0 bridgehead atoms. The predicted octanol–water partition coefficient (Wildman–Crippen LogP) is 2.80. The number of hydrogen-bond acceptors (Lipinski definition) is 1. The van der Waals surface area contributed by atoms with E-state index in [1.807, 2.05) is 12.1 Å². The van der Waals surface area contributed by atoms with Gasteiger partial charge in [0.05, 0.1) is 0 Å². The normalized spacial score (nSPS) is 7.70. The van der Waals surface area contributed by atoms with Crippen molar-refractivity contribution in [2.24, 2.45) is 0 Å². The van der Waals surface area contributed by atoms with E-state index >= 15 is 0 Å². The van der Waals surface area contributed by atoms with E-state index in [9.17, 15) is 0 Å². The molecule has 0 fully saturated rings. The summed E-state index contributed by atoms with van der Waals surface area (Å²) in [5.41, 5.74) is 0. The van der Waals surface area contributed by atoms with Crippen molar-refractivity contribution in [2.45, 2.75) is 0 Å². The van der Waals surface area contributed by atoms with E-state index in [0.29, 0.717) is 5.75 Å². The van der Waals surface area contributed by atoms with Crippen molar-refractivity contribution in [1.29, 1.82) is 0 Å². The molecule has 0 aliphatic heterocycles. The zero-order chi connectivity index (χ0) is 7.98. The average Bonchev–Trinajstić information content (AvgIpc) is 2.00. The van der Waals surface area contributed by atoms with Crippen LogP contribution in [0.15, 0.2) is 37.4 Å². The molecule has 0 aliphatic carbocycles. The molecule has 2 heteroatoms. The van der Waals surface area contributed by atoms with Crippen LogP contribution in [-0.2, 0) is 0 Å². The molecule has 1 aromatic rings. The maximum absolute atomic E-state index is 8.75. The fourth-order valence-corrected chi connectivity index (χ4v) is 0.801. The van der Waals surface area contributed by atoms with Gasteiger partial charge in [-0.05, 0) is 46.9 Å². The fraction of sp³-hybridized carbons (Fsp3) is 0. The Morgan fingerprint density at radius 3 is 1.80 bits per heavy atom. The topological polar surface area (TPSA) is 20.2 Å². The molecule has 0 aromatic heterocycles. The lowest BCUT2D eigenvalue weighted by molar-refractivity contribution is 0.475. The second-order valence-corrected chi connectivity index (χ2v) is 2.72. The van der Waals surface area contributed by atoms with Gasteiger partial charge < -0.3 is 5.11 Å². The molecule has 0 aliphatic rings. The van der Waals surface area contributed by atoms with Crippen molar-refractivity contribution in [3.8, 4) is 5.75 Å². The third-order valence-electron chi connectivity index (χ3n) is 0.827. The molecular formula is C8H9IO. The van der Waals surface area contributed by atoms with Gasteiger partial charge in [-0.3, -0.25) is 0 Å². The van der Waals surface area contributed by atoms with Crippen molar-refractivity contribution in [3.05, 3.63) is 41.0 Å². The maximum atomic E-state index is 8.75. The van der Waals surface area contributed by atoms with Crippen LogP contribution in [0.4, 0.5) is 0 Å². The average molecular weight is 248 g/mol. The number of halogens is 1. The number of phenolic OH excluding ortho intramolecular Hbond substituents is 1. The van der Waals surface area contributed by atoms with Gasteiger partial charge in [0.25, 0.3) is 0 Å². The highest BCUT2D eigenvalue weighted by Gasteiger charge is 1.83. The van der Waals surface area contributed by atoms with E-state index in [2.05, 4.69) is 35.7 Å². The Balaban J connectivity index is 0.000000371. The SMILES string of the molecule is C=C.Oc1ccc(I)cc1. The summed E-state index contributed by atoms with van der Waals surface area (Å²) < 4.78 is 1.14. The molecular weight excluding hydrogens is 239 g/mol. The van der Waals surface area contributed by atoms with E-state index in [1.54, 1.807) is 12.1 Å². The van der Waals surface area contributed by atoms with Crippen LogP contribution in [0.25, 0.3) is 0 Å². The van der Waals surface area contributed by atoms with Crippen LogP contribution in [0.5, 0.6) is 5.75 Å². The fourth-order valence-electron chi connectivity index (χ4n) is 0.441. The van der Waals surface area contributed by atoms with E-state index < -0.39 is 0 Å². The van der Waals surface area contributed by atoms with Gasteiger partial charge in [-0.15, -0.1) is 13.2 Å². The van der Waals surface area contributed by atoms with Crippen LogP contribution < -0.4 is 0 Å². The second-order valence-electron chi connectivity index (χ2n) is 1.48. The van der Waals surface area contributed by atoms with Crippen LogP contribution in [0.3, 0.4) is 0 Å². The standard InChI is InChI=1S/C6H5IO.C2H4/c7-5-1-3-6(8)4-2-5;1-2/h1-4,8H;1-2H2. The summed E-state index contributed by atoms with van der Waals surface area (Å²) >= 11 is 2.19. The lowest BCUT2D eigenvalue weighted by Crippen LogP contribution is -1.65. The first-order valence-corrected chi connectivity index (χ1v) is 3.81. The Morgan fingerprint density at radius 2 is 1.50 bits per heavy atom. The molecule has 1 rings (SSSR count). The van der Waals surface area contributed by atoms with Crippen molar-refractivity contribution < 1.29 is 5.11 Å². The summed E-state index contributed by atoms with van der Waals surface area (Å²) in [6.45, 7) is 6.00. The highest BCUT2D eigenvalue weighted by atomic mass is 127. The van der Waals surface area contributed by atoms with Crippen LogP contribution in [0, 0.1) is 3.57 Å². The van der Waals surface area contributed by atoms with Crippen molar-refractivity contribution in [2.75, 3.05) is 0 Å². The third kappa shape index (κ3) is 3.50. The van der Waals surface area contributed by atoms with E-state index in [0.717, 1.165) is 3.57 Å². The largest absolute Gasteiger partial charge is 0.508 e. The Kier molecular flexibility index (Phi) is 5.02. The van der Waals surface area contributed by atoms with Crippen LogP contribution in [0.1, 0.15) is 0 Å². The maximum Gasteiger partial charge on any atom is 0.115 e. The lowest BCUT2D eigenvalue weighted by Gasteiger charge is -1.87. The van der Waals surface area contributed by atoms with Gasteiger partial charge in [-0.25, -0.2) is 0 Å². The van der Waals surface area contributed by atoms with Gasteiger partial charge in [0.1, 0.15) is 5.75 Å². The summed E-state index contributed by atoms with van der Waals surface area (Å²) in [5, 5.41) is 8.75. The van der Waals surface area contributed by atoms with E-state index in [1.165, 1.54) is 0 Å². The number of aromatic hydroxyl groups is 1. The zero-order valence-electron chi connectivity index (χ0n) is 5.55. The van der Waals surface area contributed by atoms with Gasteiger partial charge in [0.2, 0.25) is 0 Å². The minimum atomic E-state index is 0.324. The first-order chi connectivity index (χ1) is 4.79. The number of hydrogen-bond donors (Lipinski definition) is 1. The van der Waals surface area contributed by atoms with Gasteiger partial charge >= 0.3 is 0 Å². The molecule has 0 radical (unpaired) electrons. The Morgan fingerprint density at radius 1 is 1.10 bits per heavy atom. The highest BCUT2D eigenvalue weighted by molar-refractivity contribution is 14.1. The summed E-state index contributed by atoms with van der Waals surface area (Å²) in [6, 6.07) is 7.05. The number of phenols is 1. The molecule has 0 amide bonds. The molecule has 1 aromatic carbocycles. The molecule has 1 N–H and O–H groups in total. The number of benzene rings is 1. The number of rotatable bonds is 0. The van der Waals surface area contributed by atoms with Crippen molar-refractivity contribution in [3.63, 3.8) is 0 Å². The smallest absolute Gasteiger partial charge is 0.115 e. The molecule has 0 heterocycles. The van der Waals surface area contributed by atoms with Gasteiger partial charge in [0, 0.05) is 3.57 Å². The molecule has 0 saturated carbocycles. The first kappa shape index (κ1) is 9.49. The Hall–Kier alpha value is -0.510. The minimum Gasteiger partial charge on any atom is -0.508 e. The van der Waals surface area contributed by atoms with Crippen molar-refractivity contribution in [1.82, 2.24) is 0 Å². The molecule has 54 valence electrons. The van der Waals surface area contributed by atoms with E-state index in [4.69, 9.17) is 5.11 Å². The van der Waals surface area contributed by atoms with Gasteiger partial charge in [-0.1, -0.05) is 0 Å². The molecule has 0 unspecified atom stereocenters. The van der Waals surface area contributed by atoms with Crippen LogP contribution >= 0.6 is 22.6 Å². The highest BCUT2D eigenvalue weighted by Crippen LogP contribution is 2.10. The predicted molar refractivity (Wildman–Crippen MR) is 52.1 cm³/mol. The quantitative estimate of drug-likeness (QED) is 0.552. The molecule has 0 saturated heterocycles. The van der Waals surface area contributed by atoms with Crippen LogP contribution in [0.2, 0.25) is 0 Å². The van der Waals surface area contributed by atoms with E-state index in [-0.39, 0.29) is 0 Å².